The molecule has 0 aromatic heterocycles. The van der Waals surface area contributed by atoms with Crippen molar-refractivity contribution in [3.63, 3.8) is 0 Å². The van der Waals surface area contributed by atoms with Crippen LogP contribution in [0.5, 0.6) is 0 Å². The SMILES string of the molecule is COC[C@@H](C)CC(=O)Cl. The van der Waals surface area contributed by atoms with E-state index in [-0.39, 0.29) is 11.2 Å². The standard InChI is InChI=1S/C6H11ClO2/c1-5(4-9-2)3-6(7)8/h5H,3-4H2,1-2H3/t5-/m0/s1. The molecule has 54 valence electrons. The van der Waals surface area contributed by atoms with Crippen LogP contribution < -0.4 is 0 Å². The Hall–Kier alpha value is -0.0800. The average Bonchev–Trinajstić information content (AvgIpc) is 1.63. The van der Waals surface area contributed by atoms with Crippen molar-refractivity contribution in [1.29, 1.82) is 0 Å². The number of hydrogen-bond acceptors (Lipinski definition) is 2. The summed E-state index contributed by atoms with van der Waals surface area (Å²) >= 11 is 5.11. The molecule has 0 amide bonds. The lowest BCUT2D eigenvalue weighted by molar-refractivity contribution is -0.112. The maximum atomic E-state index is 10.2. The van der Waals surface area contributed by atoms with Crippen LogP contribution in [0.3, 0.4) is 0 Å². The molecule has 1 atom stereocenters. The molecule has 0 N–H and O–H groups in total. The minimum atomic E-state index is -0.292. The molecule has 0 fully saturated rings. The highest BCUT2D eigenvalue weighted by atomic mass is 35.5. The Morgan fingerprint density at radius 1 is 1.78 bits per heavy atom. The minimum absolute atomic E-state index is 0.236. The second kappa shape index (κ2) is 4.77. The lowest BCUT2D eigenvalue weighted by Crippen LogP contribution is -2.06. The van der Waals surface area contributed by atoms with Gasteiger partial charge in [0.2, 0.25) is 5.24 Å². The molecule has 0 heterocycles. The van der Waals surface area contributed by atoms with Crippen molar-refractivity contribution in [2.45, 2.75) is 13.3 Å². The number of carbonyl (C=O) groups is 1. The normalized spacial score (nSPS) is 13.2. The van der Waals surface area contributed by atoms with E-state index in [9.17, 15) is 4.79 Å². The van der Waals surface area contributed by atoms with Crippen molar-refractivity contribution in [3.05, 3.63) is 0 Å². The molecule has 0 rings (SSSR count). The van der Waals surface area contributed by atoms with Crippen molar-refractivity contribution < 1.29 is 9.53 Å². The van der Waals surface area contributed by atoms with Crippen LogP contribution in [0.25, 0.3) is 0 Å². The van der Waals surface area contributed by atoms with Gasteiger partial charge in [0.15, 0.2) is 0 Å². The first kappa shape index (κ1) is 8.92. The van der Waals surface area contributed by atoms with Gasteiger partial charge in [0.05, 0.1) is 0 Å². The Morgan fingerprint density at radius 3 is 2.67 bits per heavy atom. The third kappa shape index (κ3) is 5.80. The topological polar surface area (TPSA) is 26.3 Å². The summed E-state index contributed by atoms with van der Waals surface area (Å²) in [6.07, 6.45) is 0.398. The summed E-state index contributed by atoms with van der Waals surface area (Å²) in [5.41, 5.74) is 0. The lowest BCUT2D eigenvalue weighted by atomic mass is 10.1. The first-order valence-electron chi connectivity index (χ1n) is 2.84. The molecule has 0 aromatic rings. The van der Waals surface area contributed by atoms with Gasteiger partial charge >= 0.3 is 0 Å². The average molecular weight is 151 g/mol. The predicted molar refractivity (Wildman–Crippen MR) is 36.5 cm³/mol. The number of methoxy groups -OCH3 is 1. The molecule has 2 nitrogen and oxygen atoms in total. The van der Waals surface area contributed by atoms with Crippen LogP contribution in [-0.2, 0) is 9.53 Å². The molecule has 0 unspecified atom stereocenters. The molecule has 3 heteroatoms. The fourth-order valence-corrected chi connectivity index (χ4v) is 0.881. The van der Waals surface area contributed by atoms with Gasteiger partial charge in [0.1, 0.15) is 0 Å². The van der Waals surface area contributed by atoms with Gasteiger partial charge in [-0.05, 0) is 17.5 Å². The van der Waals surface area contributed by atoms with Crippen LogP contribution in [0.2, 0.25) is 0 Å². The van der Waals surface area contributed by atoms with E-state index in [1.165, 1.54) is 0 Å². The summed E-state index contributed by atoms with van der Waals surface area (Å²) in [6.45, 7) is 2.52. The number of halogens is 1. The third-order valence-electron chi connectivity index (χ3n) is 0.960. The summed E-state index contributed by atoms with van der Waals surface area (Å²) in [5.74, 6) is 0.236. The molecular formula is C6H11ClO2. The Labute approximate surface area is 60.1 Å². The molecule has 0 radical (unpaired) electrons. The zero-order chi connectivity index (χ0) is 7.28. The Balaban J connectivity index is 3.26. The fraction of sp³-hybridized carbons (Fsp3) is 0.833. The Bertz CT molecular complexity index is 93.1. The van der Waals surface area contributed by atoms with E-state index in [0.717, 1.165) is 0 Å². The summed E-state index contributed by atoms with van der Waals surface area (Å²) in [6, 6.07) is 0. The summed E-state index contributed by atoms with van der Waals surface area (Å²) < 4.78 is 4.79. The minimum Gasteiger partial charge on any atom is -0.384 e. The number of rotatable bonds is 4. The van der Waals surface area contributed by atoms with Crippen LogP contribution in [0.1, 0.15) is 13.3 Å². The van der Waals surface area contributed by atoms with Crippen molar-refractivity contribution in [2.24, 2.45) is 5.92 Å². The monoisotopic (exact) mass is 150 g/mol. The fourth-order valence-electron chi connectivity index (χ4n) is 0.617. The first-order chi connectivity index (χ1) is 4.16. The van der Waals surface area contributed by atoms with E-state index >= 15 is 0 Å². The molecule has 9 heavy (non-hydrogen) atoms. The Kier molecular flexibility index (Phi) is 4.72. The largest absolute Gasteiger partial charge is 0.384 e. The van der Waals surface area contributed by atoms with Gasteiger partial charge < -0.3 is 4.74 Å². The lowest BCUT2D eigenvalue weighted by Gasteiger charge is -2.04. The first-order valence-corrected chi connectivity index (χ1v) is 3.22. The van der Waals surface area contributed by atoms with E-state index in [4.69, 9.17) is 16.3 Å². The maximum Gasteiger partial charge on any atom is 0.221 e. The van der Waals surface area contributed by atoms with Crippen molar-refractivity contribution >= 4 is 16.8 Å². The van der Waals surface area contributed by atoms with Gasteiger partial charge in [0, 0.05) is 20.1 Å². The molecule has 0 aliphatic carbocycles. The van der Waals surface area contributed by atoms with Crippen molar-refractivity contribution in [1.82, 2.24) is 0 Å². The van der Waals surface area contributed by atoms with E-state index < -0.39 is 0 Å². The number of ether oxygens (including phenoxy) is 1. The molecule has 0 saturated carbocycles. The zero-order valence-electron chi connectivity index (χ0n) is 5.69. The number of carbonyl (C=O) groups excluding carboxylic acids is 1. The molecule has 0 saturated heterocycles. The van der Waals surface area contributed by atoms with Gasteiger partial charge in [-0.3, -0.25) is 4.79 Å². The zero-order valence-corrected chi connectivity index (χ0v) is 6.44. The molecule has 0 aromatic carbocycles. The molecule has 0 aliphatic rings. The van der Waals surface area contributed by atoms with E-state index in [1.807, 2.05) is 6.92 Å². The second-order valence-corrected chi connectivity index (χ2v) is 2.54. The van der Waals surface area contributed by atoms with Crippen LogP contribution >= 0.6 is 11.6 Å². The summed E-state index contributed by atoms with van der Waals surface area (Å²) in [7, 11) is 1.61. The predicted octanol–water partition coefficient (Wildman–Crippen LogP) is 1.42. The summed E-state index contributed by atoms with van der Waals surface area (Å²) in [5, 5.41) is -0.292. The van der Waals surface area contributed by atoms with E-state index in [1.54, 1.807) is 7.11 Å². The highest BCUT2D eigenvalue weighted by Gasteiger charge is 2.04. The van der Waals surface area contributed by atoms with Gasteiger partial charge in [-0.15, -0.1) is 0 Å². The van der Waals surface area contributed by atoms with Gasteiger partial charge in [-0.2, -0.15) is 0 Å². The summed E-state index contributed by atoms with van der Waals surface area (Å²) in [4.78, 5) is 10.2. The van der Waals surface area contributed by atoms with Crippen LogP contribution in [0, 0.1) is 5.92 Å². The molecule has 0 bridgehead atoms. The maximum absolute atomic E-state index is 10.2. The quantitative estimate of drug-likeness (QED) is 0.567. The Morgan fingerprint density at radius 2 is 2.33 bits per heavy atom. The second-order valence-electron chi connectivity index (χ2n) is 2.12. The van der Waals surface area contributed by atoms with Crippen molar-refractivity contribution in [3.8, 4) is 0 Å². The molecule has 0 spiro atoms. The van der Waals surface area contributed by atoms with Crippen molar-refractivity contribution in [2.75, 3.05) is 13.7 Å². The molecular weight excluding hydrogens is 140 g/mol. The van der Waals surface area contributed by atoms with Crippen LogP contribution in [0.15, 0.2) is 0 Å². The van der Waals surface area contributed by atoms with Gasteiger partial charge in [0.25, 0.3) is 0 Å². The van der Waals surface area contributed by atoms with Crippen LogP contribution in [0.4, 0.5) is 0 Å². The highest BCUT2D eigenvalue weighted by Crippen LogP contribution is 2.03. The van der Waals surface area contributed by atoms with Crippen LogP contribution in [-0.4, -0.2) is 19.0 Å². The third-order valence-corrected chi connectivity index (χ3v) is 1.11. The van der Waals surface area contributed by atoms with E-state index in [0.29, 0.717) is 13.0 Å². The molecule has 0 aliphatic heterocycles. The highest BCUT2D eigenvalue weighted by molar-refractivity contribution is 6.63. The number of hydrogen-bond donors (Lipinski definition) is 0. The van der Waals surface area contributed by atoms with Gasteiger partial charge in [-0.1, -0.05) is 6.92 Å². The van der Waals surface area contributed by atoms with E-state index in [2.05, 4.69) is 0 Å². The smallest absolute Gasteiger partial charge is 0.221 e. The van der Waals surface area contributed by atoms with Gasteiger partial charge in [-0.25, -0.2) is 0 Å².